The van der Waals surface area contributed by atoms with Gasteiger partial charge in [0.25, 0.3) is 0 Å². The predicted octanol–water partition coefficient (Wildman–Crippen LogP) is 2.63. The van der Waals surface area contributed by atoms with E-state index in [2.05, 4.69) is 20.2 Å². The molecule has 24 heavy (non-hydrogen) atoms. The SMILES string of the molecule is CC(NC(=O)COCC(F)(F)F)c1nc(-c2ccc(F)cc2)no1. The minimum absolute atomic E-state index is 0.0542. The number of aromatic nitrogens is 2. The van der Waals surface area contributed by atoms with Gasteiger partial charge in [0.1, 0.15) is 25.1 Å². The number of hydrogen-bond acceptors (Lipinski definition) is 5. The third-order valence-corrected chi connectivity index (χ3v) is 2.79. The summed E-state index contributed by atoms with van der Waals surface area (Å²) >= 11 is 0. The molecule has 0 aliphatic rings. The van der Waals surface area contributed by atoms with Gasteiger partial charge in [-0.15, -0.1) is 0 Å². The molecular weight excluding hydrogens is 334 g/mol. The Morgan fingerprint density at radius 2 is 2.00 bits per heavy atom. The van der Waals surface area contributed by atoms with Gasteiger partial charge in [-0.3, -0.25) is 4.79 Å². The summed E-state index contributed by atoms with van der Waals surface area (Å²) in [7, 11) is 0. The molecule has 0 radical (unpaired) electrons. The highest BCUT2D eigenvalue weighted by molar-refractivity contribution is 5.77. The molecule has 1 aromatic carbocycles. The van der Waals surface area contributed by atoms with Gasteiger partial charge in [0, 0.05) is 5.56 Å². The van der Waals surface area contributed by atoms with E-state index in [0.29, 0.717) is 5.56 Å². The Morgan fingerprint density at radius 1 is 1.33 bits per heavy atom. The van der Waals surface area contributed by atoms with Crippen LogP contribution in [-0.2, 0) is 9.53 Å². The summed E-state index contributed by atoms with van der Waals surface area (Å²) < 4.78 is 57.8. The highest BCUT2D eigenvalue weighted by Gasteiger charge is 2.28. The van der Waals surface area contributed by atoms with Crippen LogP contribution in [0.25, 0.3) is 11.4 Å². The van der Waals surface area contributed by atoms with Crippen LogP contribution in [0.3, 0.4) is 0 Å². The molecule has 10 heteroatoms. The third kappa shape index (κ3) is 5.30. The van der Waals surface area contributed by atoms with Gasteiger partial charge in [0.05, 0.1) is 0 Å². The molecule has 0 aliphatic heterocycles. The minimum Gasteiger partial charge on any atom is -0.362 e. The number of nitrogens with one attached hydrogen (secondary N) is 1. The van der Waals surface area contributed by atoms with Crippen LogP contribution in [-0.4, -0.2) is 35.4 Å². The van der Waals surface area contributed by atoms with Gasteiger partial charge in [-0.2, -0.15) is 18.2 Å². The van der Waals surface area contributed by atoms with Crippen molar-refractivity contribution in [1.82, 2.24) is 15.5 Å². The molecule has 0 saturated heterocycles. The quantitative estimate of drug-likeness (QED) is 0.813. The fourth-order valence-corrected chi connectivity index (χ4v) is 1.73. The van der Waals surface area contributed by atoms with Crippen LogP contribution >= 0.6 is 0 Å². The van der Waals surface area contributed by atoms with Crippen LogP contribution in [0, 0.1) is 5.82 Å². The first-order chi connectivity index (χ1) is 11.2. The average Bonchev–Trinajstić information content (AvgIpc) is 2.96. The topological polar surface area (TPSA) is 77.2 Å². The van der Waals surface area contributed by atoms with Gasteiger partial charge >= 0.3 is 6.18 Å². The second-order valence-corrected chi connectivity index (χ2v) is 4.86. The highest BCUT2D eigenvalue weighted by Crippen LogP contribution is 2.19. The fourth-order valence-electron chi connectivity index (χ4n) is 1.73. The number of nitrogens with zero attached hydrogens (tertiary/aromatic N) is 2. The van der Waals surface area contributed by atoms with Crippen molar-refractivity contribution in [1.29, 1.82) is 0 Å². The van der Waals surface area contributed by atoms with E-state index < -0.39 is 37.2 Å². The van der Waals surface area contributed by atoms with E-state index in [1.54, 1.807) is 0 Å². The second kappa shape index (κ2) is 7.39. The largest absolute Gasteiger partial charge is 0.411 e. The number of alkyl halides is 3. The number of ether oxygens (including phenoxy) is 1. The Bertz CT molecular complexity index is 685. The molecular formula is C14H13F4N3O3. The summed E-state index contributed by atoms with van der Waals surface area (Å²) in [6, 6.07) is 4.65. The first-order valence-electron chi connectivity index (χ1n) is 6.78. The Hall–Kier alpha value is -2.49. The molecule has 1 atom stereocenters. The lowest BCUT2D eigenvalue weighted by Gasteiger charge is -2.11. The molecule has 1 amide bonds. The van der Waals surface area contributed by atoms with Crippen molar-refractivity contribution in [3.63, 3.8) is 0 Å². The van der Waals surface area contributed by atoms with Gasteiger partial charge in [-0.1, -0.05) is 5.16 Å². The number of carbonyl (C=O) groups is 1. The van der Waals surface area contributed by atoms with Gasteiger partial charge < -0.3 is 14.6 Å². The summed E-state index contributed by atoms with van der Waals surface area (Å²) in [6.07, 6.45) is -4.50. The molecule has 0 saturated carbocycles. The monoisotopic (exact) mass is 347 g/mol. The van der Waals surface area contributed by atoms with Gasteiger partial charge in [0.15, 0.2) is 0 Å². The van der Waals surface area contributed by atoms with Gasteiger partial charge in [-0.05, 0) is 31.2 Å². The molecule has 1 heterocycles. The van der Waals surface area contributed by atoms with Crippen LogP contribution in [0.1, 0.15) is 18.9 Å². The number of halogens is 4. The molecule has 2 rings (SSSR count). The Labute approximate surface area is 133 Å². The number of carbonyl (C=O) groups excluding carboxylic acids is 1. The zero-order valence-electron chi connectivity index (χ0n) is 12.4. The van der Waals surface area contributed by atoms with Crippen LogP contribution in [0.4, 0.5) is 17.6 Å². The molecule has 2 aromatic rings. The zero-order chi connectivity index (χ0) is 17.7. The van der Waals surface area contributed by atoms with E-state index in [1.807, 2.05) is 0 Å². The maximum Gasteiger partial charge on any atom is 0.411 e. The van der Waals surface area contributed by atoms with Crippen molar-refractivity contribution >= 4 is 5.91 Å². The lowest BCUT2D eigenvalue weighted by Crippen LogP contribution is -2.32. The lowest BCUT2D eigenvalue weighted by molar-refractivity contribution is -0.175. The first kappa shape index (κ1) is 17.9. The average molecular weight is 347 g/mol. The van der Waals surface area contributed by atoms with Gasteiger partial charge in [0.2, 0.25) is 17.6 Å². The summed E-state index contributed by atoms with van der Waals surface area (Å²) in [4.78, 5) is 15.5. The molecule has 1 aromatic heterocycles. The van der Waals surface area contributed by atoms with E-state index >= 15 is 0 Å². The van der Waals surface area contributed by atoms with Crippen molar-refractivity contribution in [2.45, 2.75) is 19.1 Å². The maximum absolute atomic E-state index is 12.9. The Kier molecular flexibility index (Phi) is 5.50. The van der Waals surface area contributed by atoms with E-state index in [0.717, 1.165) is 0 Å². The first-order valence-corrected chi connectivity index (χ1v) is 6.78. The number of amides is 1. The molecule has 130 valence electrons. The molecule has 1 unspecified atom stereocenters. The molecule has 6 nitrogen and oxygen atoms in total. The number of hydrogen-bond donors (Lipinski definition) is 1. The van der Waals surface area contributed by atoms with Crippen LogP contribution in [0.15, 0.2) is 28.8 Å². The molecule has 0 aliphatic carbocycles. The van der Waals surface area contributed by atoms with E-state index in [-0.39, 0.29) is 11.7 Å². The van der Waals surface area contributed by atoms with E-state index in [1.165, 1.54) is 31.2 Å². The number of rotatable bonds is 6. The molecule has 0 spiro atoms. The van der Waals surface area contributed by atoms with E-state index in [4.69, 9.17) is 4.52 Å². The standard InChI is InChI=1S/C14H13F4N3O3/c1-8(19-11(22)6-23-7-14(16,17)18)13-20-12(21-24-13)9-2-4-10(15)5-3-9/h2-5,8H,6-7H2,1H3,(H,19,22). The fraction of sp³-hybridized carbons (Fsp3) is 0.357. The minimum atomic E-state index is -4.50. The van der Waals surface area contributed by atoms with E-state index in [9.17, 15) is 22.4 Å². The summed E-state index contributed by atoms with van der Waals surface area (Å²) in [5, 5.41) is 6.07. The Balaban J connectivity index is 1.90. The van der Waals surface area contributed by atoms with Crippen LogP contribution in [0.2, 0.25) is 0 Å². The van der Waals surface area contributed by atoms with Gasteiger partial charge in [-0.25, -0.2) is 4.39 Å². The Morgan fingerprint density at radius 3 is 2.62 bits per heavy atom. The molecule has 0 fully saturated rings. The summed E-state index contributed by atoms with van der Waals surface area (Å²) in [6.45, 7) is -0.740. The maximum atomic E-state index is 12.9. The highest BCUT2D eigenvalue weighted by atomic mass is 19.4. The zero-order valence-corrected chi connectivity index (χ0v) is 12.4. The molecule has 0 bridgehead atoms. The van der Waals surface area contributed by atoms with Crippen LogP contribution in [0.5, 0.6) is 0 Å². The van der Waals surface area contributed by atoms with Crippen molar-refractivity contribution in [2.75, 3.05) is 13.2 Å². The van der Waals surface area contributed by atoms with Crippen molar-refractivity contribution in [2.24, 2.45) is 0 Å². The smallest absolute Gasteiger partial charge is 0.362 e. The van der Waals surface area contributed by atoms with Crippen molar-refractivity contribution in [3.05, 3.63) is 36.0 Å². The number of benzene rings is 1. The summed E-state index contributed by atoms with van der Waals surface area (Å²) in [5.41, 5.74) is 0.512. The third-order valence-electron chi connectivity index (χ3n) is 2.79. The van der Waals surface area contributed by atoms with Crippen molar-refractivity contribution in [3.8, 4) is 11.4 Å². The normalized spacial score (nSPS) is 12.9. The lowest BCUT2D eigenvalue weighted by atomic mass is 10.2. The van der Waals surface area contributed by atoms with Crippen LogP contribution < -0.4 is 5.32 Å². The predicted molar refractivity (Wildman–Crippen MR) is 73.1 cm³/mol. The van der Waals surface area contributed by atoms with Crippen molar-refractivity contribution < 1.29 is 31.6 Å². The summed E-state index contributed by atoms with van der Waals surface area (Å²) in [5.74, 6) is -0.923. The second-order valence-electron chi connectivity index (χ2n) is 4.86. The molecule has 1 N–H and O–H groups in total.